The average molecular weight is 452 g/mol. The second kappa shape index (κ2) is 7.57. The Bertz CT molecular complexity index is 1350. The van der Waals surface area contributed by atoms with Crippen LogP contribution in [0.25, 0.3) is 11.1 Å². The van der Waals surface area contributed by atoms with Crippen LogP contribution in [0.5, 0.6) is 11.6 Å². The van der Waals surface area contributed by atoms with Crippen LogP contribution in [-0.2, 0) is 10.3 Å². The van der Waals surface area contributed by atoms with Crippen molar-refractivity contribution >= 4 is 6.02 Å². The Hall–Kier alpha value is -3.89. The van der Waals surface area contributed by atoms with Crippen molar-refractivity contribution in [3.8, 4) is 34.6 Å². The summed E-state index contributed by atoms with van der Waals surface area (Å²) < 4.78 is 12.3. The molecule has 7 heteroatoms. The number of aliphatic imine (C=N–C) groups is 1. The second-order valence-electron chi connectivity index (χ2n) is 9.29. The number of hydrogen-bond donors (Lipinski definition) is 1. The predicted molar refractivity (Wildman–Crippen MR) is 129 cm³/mol. The molecule has 1 aromatic carbocycles. The number of likely N-dealkylation sites (tertiary alicyclic amines) is 1. The van der Waals surface area contributed by atoms with Gasteiger partial charge in [-0.3, -0.25) is 9.88 Å². The number of aromatic nitrogens is 2. The highest BCUT2D eigenvalue weighted by Crippen LogP contribution is 2.53. The van der Waals surface area contributed by atoms with Crippen molar-refractivity contribution in [1.82, 2.24) is 14.9 Å². The minimum absolute atomic E-state index is 0.107. The Morgan fingerprint density at radius 3 is 2.71 bits per heavy atom. The van der Waals surface area contributed by atoms with Gasteiger partial charge >= 0.3 is 0 Å². The van der Waals surface area contributed by atoms with E-state index in [2.05, 4.69) is 46.6 Å². The Kier molecular flexibility index (Phi) is 4.61. The monoisotopic (exact) mass is 451 g/mol. The molecule has 6 rings (SSSR count). The molecule has 3 aromatic rings. The van der Waals surface area contributed by atoms with Crippen LogP contribution in [0.3, 0.4) is 0 Å². The van der Waals surface area contributed by atoms with Crippen LogP contribution in [0.4, 0.5) is 0 Å². The second-order valence-corrected chi connectivity index (χ2v) is 9.29. The molecule has 3 aliphatic heterocycles. The quantitative estimate of drug-likeness (QED) is 0.598. The molecule has 0 aliphatic carbocycles. The number of nitrogens with two attached hydrogens (primary N) is 1. The molecule has 0 bridgehead atoms. The van der Waals surface area contributed by atoms with Gasteiger partial charge in [-0.2, -0.15) is 0 Å². The van der Waals surface area contributed by atoms with E-state index in [0.717, 1.165) is 35.3 Å². The lowest BCUT2D eigenvalue weighted by Crippen LogP contribution is -2.51. The van der Waals surface area contributed by atoms with Gasteiger partial charge < -0.3 is 15.2 Å². The zero-order chi connectivity index (χ0) is 23.3. The first kappa shape index (κ1) is 20.7. The van der Waals surface area contributed by atoms with Gasteiger partial charge in [0.25, 0.3) is 6.02 Å². The lowest BCUT2D eigenvalue weighted by Gasteiger charge is -2.41. The van der Waals surface area contributed by atoms with Crippen LogP contribution in [-0.4, -0.2) is 45.6 Å². The van der Waals surface area contributed by atoms with Gasteiger partial charge in [0, 0.05) is 42.8 Å². The summed E-state index contributed by atoms with van der Waals surface area (Å²) >= 11 is 0. The highest BCUT2D eigenvalue weighted by Gasteiger charge is 2.54. The molecule has 5 heterocycles. The van der Waals surface area contributed by atoms with Crippen molar-refractivity contribution in [1.29, 1.82) is 0 Å². The summed E-state index contributed by atoms with van der Waals surface area (Å²) in [5.74, 6) is 8.00. The molecular weight excluding hydrogens is 426 g/mol. The minimum Gasteiger partial charge on any atom is -0.445 e. The molecule has 2 atom stereocenters. The molecule has 7 nitrogen and oxygen atoms in total. The molecule has 0 saturated carbocycles. The lowest BCUT2D eigenvalue weighted by atomic mass is 9.76. The van der Waals surface area contributed by atoms with Gasteiger partial charge in [0.05, 0.1) is 11.1 Å². The number of ether oxygens (including phenoxy) is 2. The van der Waals surface area contributed by atoms with Crippen LogP contribution < -0.4 is 10.5 Å². The maximum absolute atomic E-state index is 6.21. The van der Waals surface area contributed by atoms with Crippen molar-refractivity contribution < 1.29 is 9.47 Å². The van der Waals surface area contributed by atoms with Crippen LogP contribution in [0, 0.1) is 11.8 Å². The molecule has 0 amide bonds. The Balaban J connectivity index is 1.54. The standard InChI is InChI=1S/C27H25N5O2/c1-26(2,32-14-5-15-32)11-10-23-27(31-25(28)34-23)20-7-4-13-30-24(20)33-22-9-8-18(16-21(22)27)19-6-3-12-29-17-19/h3-4,6-9,12-13,16-17,23H,5,14-15H2,1-2H3,(H2,28,31). The van der Waals surface area contributed by atoms with Gasteiger partial charge in [-0.1, -0.05) is 24.0 Å². The molecule has 2 aromatic heterocycles. The topological polar surface area (TPSA) is 85.9 Å². The lowest BCUT2D eigenvalue weighted by molar-refractivity contribution is 0.0949. The third-order valence-electron chi connectivity index (χ3n) is 6.83. The number of fused-ring (bicyclic) bond motifs is 4. The van der Waals surface area contributed by atoms with Crippen LogP contribution in [0.1, 0.15) is 31.4 Å². The zero-order valence-electron chi connectivity index (χ0n) is 19.2. The molecule has 1 spiro atoms. The van der Waals surface area contributed by atoms with Gasteiger partial charge in [0.2, 0.25) is 5.88 Å². The van der Waals surface area contributed by atoms with E-state index in [1.165, 1.54) is 6.42 Å². The predicted octanol–water partition coefficient (Wildman–Crippen LogP) is 3.69. The highest BCUT2D eigenvalue weighted by atomic mass is 16.5. The van der Waals surface area contributed by atoms with Gasteiger partial charge in [-0.25, -0.2) is 9.98 Å². The first-order valence-electron chi connectivity index (χ1n) is 11.5. The molecule has 2 unspecified atom stereocenters. The van der Waals surface area contributed by atoms with Crippen LogP contribution in [0.15, 0.2) is 66.0 Å². The summed E-state index contributed by atoms with van der Waals surface area (Å²) in [7, 11) is 0. The van der Waals surface area contributed by atoms with E-state index in [-0.39, 0.29) is 11.6 Å². The first-order chi connectivity index (χ1) is 16.5. The fourth-order valence-electron chi connectivity index (χ4n) is 4.84. The fourth-order valence-corrected chi connectivity index (χ4v) is 4.84. The average Bonchev–Trinajstić information content (AvgIpc) is 3.13. The normalized spacial score (nSPS) is 22.9. The van der Waals surface area contributed by atoms with E-state index in [4.69, 9.17) is 20.2 Å². The third-order valence-corrected chi connectivity index (χ3v) is 6.83. The number of rotatable bonds is 2. The Morgan fingerprint density at radius 1 is 1.09 bits per heavy atom. The van der Waals surface area contributed by atoms with E-state index >= 15 is 0 Å². The van der Waals surface area contributed by atoms with Crippen LogP contribution in [0.2, 0.25) is 0 Å². The number of benzene rings is 1. The van der Waals surface area contributed by atoms with Crippen molar-refractivity contribution in [2.45, 2.75) is 37.5 Å². The first-order valence-corrected chi connectivity index (χ1v) is 11.5. The number of amidine groups is 1. The summed E-state index contributed by atoms with van der Waals surface area (Å²) in [6.07, 6.45) is 5.88. The molecule has 1 fully saturated rings. The van der Waals surface area contributed by atoms with Crippen molar-refractivity contribution in [3.05, 3.63) is 72.2 Å². The summed E-state index contributed by atoms with van der Waals surface area (Å²) in [6.45, 7) is 6.38. The number of hydrogen-bond acceptors (Lipinski definition) is 7. The summed E-state index contributed by atoms with van der Waals surface area (Å²) in [5.41, 5.74) is 8.57. The zero-order valence-corrected chi connectivity index (χ0v) is 19.2. The van der Waals surface area contributed by atoms with E-state index in [9.17, 15) is 0 Å². The molecule has 0 radical (unpaired) electrons. The van der Waals surface area contributed by atoms with Gasteiger partial charge in [0.15, 0.2) is 11.6 Å². The highest BCUT2D eigenvalue weighted by molar-refractivity contribution is 5.79. The molecule has 3 aliphatic rings. The van der Waals surface area contributed by atoms with E-state index < -0.39 is 11.6 Å². The van der Waals surface area contributed by atoms with E-state index in [1.54, 1.807) is 12.4 Å². The van der Waals surface area contributed by atoms with Gasteiger partial charge in [0.1, 0.15) is 5.75 Å². The minimum atomic E-state index is -0.989. The van der Waals surface area contributed by atoms with E-state index in [1.807, 2.05) is 42.6 Å². The fraction of sp³-hybridized carbons (Fsp3) is 0.296. The van der Waals surface area contributed by atoms with E-state index in [0.29, 0.717) is 11.6 Å². The van der Waals surface area contributed by atoms with Crippen molar-refractivity contribution in [2.75, 3.05) is 13.1 Å². The molecule has 2 N–H and O–H groups in total. The SMILES string of the molecule is CC(C)(C#CC1OC(N)=NC12c1cc(-c3cccnc3)ccc1Oc1ncccc12)N1CCC1. The van der Waals surface area contributed by atoms with Crippen LogP contribution >= 0.6 is 0 Å². The Labute approximate surface area is 198 Å². The Morgan fingerprint density at radius 2 is 1.94 bits per heavy atom. The smallest absolute Gasteiger partial charge is 0.284 e. The molecular formula is C27H25N5O2. The maximum Gasteiger partial charge on any atom is 0.284 e. The number of nitrogens with zero attached hydrogens (tertiary/aromatic N) is 4. The summed E-state index contributed by atoms with van der Waals surface area (Å²) in [4.78, 5) is 16.0. The van der Waals surface area contributed by atoms with Crippen molar-refractivity contribution in [3.63, 3.8) is 0 Å². The largest absolute Gasteiger partial charge is 0.445 e. The summed E-state index contributed by atoms with van der Waals surface area (Å²) in [6, 6.07) is 13.9. The summed E-state index contributed by atoms with van der Waals surface area (Å²) in [5, 5.41) is 0. The molecule has 170 valence electrons. The van der Waals surface area contributed by atoms with Gasteiger partial charge in [-0.05, 0) is 56.2 Å². The van der Waals surface area contributed by atoms with Crippen molar-refractivity contribution in [2.24, 2.45) is 10.7 Å². The maximum atomic E-state index is 6.21. The molecule has 1 saturated heterocycles. The third kappa shape index (κ3) is 3.14. The van der Waals surface area contributed by atoms with Gasteiger partial charge in [-0.15, -0.1) is 0 Å². The molecule has 34 heavy (non-hydrogen) atoms. The number of pyridine rings is 2.